The first kappa shape index (κ1) is 15.2. The van der Waals surface area contributed by atoms with Gasteiger partial charge in [-0.3, -0.25) is 5.32 Å². The molecule has 124 valence electrons. The quantitative estimate of drug-likeness (QED) is 0.891. The molecule has 2 aromatic carbocycles. The zero-order chi connectivity index (χ0) is 16.6. The SMILES string of the molecule is O=C(O)Nc1c(-c2ccccc2)cccc1C12CCN(CC1)CC2. The van der Waals surface area contributed by atoms with Gasteiger partial charge in [0.05, 0.1) is 5.69 Å². The third kappa shape index (κ3) is 2.57. The molecule has 3 saturated heterocycles. The van der Waals surface area contributed by atoms with E-state index in [0.717, 1.165) is 55.7 Å². The molecule has 2 aromatic rings. The molecule has 0 saturated carbocycles. The van der Waals surface area contributed by atoms with Gasteiger partial charge in [-0.25, -0.2) is 4.79 Å². The lowest BCUT2D eigenvalue weighted by Gasteiger charge is -2.49. The smallest absolute Gasteiger partial charge is 0.409 e. The van der Waals surface area contributed by atoms with Crippen LogP contribution in [0, 0.1) is 0 Å². The number of piperidine rings is 3. The molecule has 3 fully saturated rings. The van der Waals surface area contributed by atoms with E-state index in [-0.39, 0.29) is 5.41 Å². The fourth-order valence-electron chi connectivity index (χ4n) is 4.32. The Kier molecular flexibility index (Phi) is 3.77. The van der Waals surface area contributed by atoms with Crippen molar-refractivity contribution in [2.24, 2.45) is 0 Å². The average molecular weight is 322 g/mol. The summed E-state index contributed by atoms with van der Waals surface area (Å²) < 4.78 is 0. The van der Waals surface area contributed by atoms with Crippen LogP contribution in [0.15, 0.2) is 48.5 Å². The molecule has 3 aliphatic heterocycles. The van der Waals surface area contributed by atoms with E-state index >= 15 is 0 Å². The summed E-state index contributed by atoms with van der Waals surface area (Å²) in [5, 5.41) is 12.1. The van der Waals surface area contributed by atoms with E-state index in [1.165, 1.54) is 5.56 Å². The van der Waals surface area contributed by atoms with Crippen molar-refractivity contribution >= 4 is 11.8 Å². The first-order chi connectivity index (χ1) is 11.7. The Labute approximate surface area is 142 Å². The fraction of sp³-hybridized carbons (Fsp3) is 0.350. The fourth-order valence-corrected chi connectivity index (χ4v) is 4.32. The molecule has 4 nitrogen and oxygen atoms in total. The Bertz CT molecular complexity index is 736. The lowest BCUT2D eigenvalue weighted by molar-refractivity contribution is 0.0822. The van der Waals surface area contributed by atoms with Crippen molar-refractivity contribution in [3.63, 3.8) is 0 Å². The summed E-state index contributed by atoms with van der Waals surface area (Å²) >= 11 is 0. The molecule has 0 unspecified atom stereocenters. The summed E-state index contributed by atoms with van der Waals surface area (Å²) in [6.45, 7) is 3.34. The lowest BCUT2D eigenvalue weighted by Crippen LogP contribution is -2.50. The predicted molar refractivity (Wildman–Crippen MR) is 95.5 cm³/mol. The number of carboxylic acid groups (broad SMARTS) is 1. The second-order valence-electron chi connectivity index (χ2n) is 6.90. The summed E-state index contributed by atoms with van der Waals surface area (Å²) in [5.41, 5.74) is 4.07. The van der Waals surface area contributed by atoms with E-state index < -0.39 is 6.09 Å². The third-order valence-corrected chi connectivity index (χ3v) is 5.67. The maximum atomic E-state index is 11.5. The Hall–Kier alpha value is -2.33. The zero-order valence-electron chi connectivity index (χ0n) is 13.7. The molecule has 0 spiro atoms. The molecule has 3 heterocycles. The highest BCUT2D eigenvalue weighted by atomic mass is 16.4. The second kappa shape index (κ2) is 5.95. The summed E-state index contributed by atoms with van der Waals surface area (Å²) in [6.07, 6.45) is 2.34. The van der Waals surface area contributed by atoms with Gasteiger partial charge in [0.25, 0.3) is 0 Å². The predicted octanol–water partition coefficient (Wildman–Crippen LogP) is 4.18. The monoisotopic (exact) mass is 322 g/mol. The van der Waals surface area contributed by atoms with Crippen LogP contribution in [-0.2, 0) is 5.41 Å². The maximum Gasteiger partial charge on any atom is 0.409 e. The normalized spacial score (nSPS) is 25.4. The third-order valence-electron chi connectivity index (χ3n) is 5.67. The van der Waals surface area contributed by atoms with Crippen LogP contribution in [-0.4, -0.2) is 35.7 Å². The molecule has 0 atom stereocenters. The molecule has 5 rings (SSSR count). The van der Waals surface area contributed by atoms with Gasteiger partial charge in [0.1, 0.15) is 0 Å². The van der Waals surface area contributed by atoms with Gasteiger partial charge >= 0.3 is 6.09 Å². The molecular formula is C20H22N2O2. The largest absolute Gasteiger partial charge is 0.465 e. The van der Waals surface area contributed by atoms with Crippen LogP contribution in [0.1, 0.15) is 24.8 Å². The Morgan fingerprint density at radius 3 is 2.25 bits per heavy atom. The average Bonchev–Trinajstić information content (AvgIpc) is 2.63. The number of nitrogens with zero attached hydrogens (tertiary/aromatic N) is 1. The molecule has 1 amide bonds. The van der Waals surface area contributed by atoms with Crippen molar-refractivity contribution < 1.29 is 9.90 Å². The highest BCUT2D eigenvalue weighted by molar-refractivity contribution is 5.92. The number of rotatable bonds is 3. The van der Waals surface area contributed by atoms with Gasteiger partial charge in [0.2, 0.25) is 0 Å². The van der Waals surface area contributed by atoms with E-state index in [1.807, 2.05) is 36.4 Å². The minimum Gasteiger partial charge on any atom is -0.465 e. The first-order valence-electron chi connectivity index (χ1n) is 8.59. The number of hydrogen-bond acceptors (Lipinski definition) is 2. The number of nitrogens with one attached hydrogen (secondary N) is 1. The number of fused-ring (bicyclic) bond motifs is 3. The summed E-state index contributed by atoms with van der Waals surface area (Å²) in [6, 6.07) is 16.2. The number of hydrogen-bond donors (Lipinski definition) is 2. The lowest BCUT2D eigenvalue weighted by atomic mass is 9.66. The van der Waals surface area contributed by atoms with E-state index in [4.69, 9.17) is 0 Å². The van der Waals surface area contributed by atoms with Crippen molar-refractivity contribution in [3.8, 4) is 11.1 Å². The molecular weight excluding hydrogens is 300 g/mol. The standard InChI is InChI=1S/C20H22N2O2/c23-19(24)21-18-16(15-5-2-1-3-6-15)7-4-8-17(18)20-9-12-22(13-10-20)14-11-20/h1-8,21H,9-14H2,(H,23,24). The Balaban J connectivity index is 1.86. The number of carbonyl (C=O) groups is 1. The van der Waals surface area contributed by atoms with E-state index in [9.17, 15) is 9.90 Å². The Morgan fingerprint density at radius 2 is 1.62 bits per heavy atom. The van der Waals surface area contributed by atoms with Crippen LogP contribution in [0.5, 0.6) is 0 Å². The summed E-state index contributed by atoms with van der Waals surface area (Å²) in [7, 11) is 0. The van der Waals surface area contributed by atoms with Gasteiger partial charge in [-0.05, 0) is 50.0 Å². The molecule has 0 radical (unpaired) electrons. The van der Waals surface area contributed by atoms with Crippen molar-refractivity contribution in [1.29, 1.82) is 0 Å². The number of para-hydroxylation sites is 1. The van der Waals surface area contributed by atoms with Gasteiger partial charge < -0.3 is 10.0 Å². The molecule has 2 bridgehead atoms. The van der Waals surface area contributed by atoms with E-state index in [2.05, 4.69) is 22.3 Å². The van der Waals surface area contributed by atoms with Crippen LogP contribution in [0.4, 0.5) is 10.5 Å². The zero-order valence-corrected chi connectivity index (χ0v) is 13.7. The van der Waals surface area contributed by atoms with Crippen LogP contribution < -0.4 is 5.32 Å². The van der Waals surface area contributed by atoms with Gasteiger partial charge in [0.15, 0.2) is 0 Å². The second-order valence-corrected chi connectivity index (χ2v) is 6.90. The van der Waals surface area contributed by atoms with Crippen LogP contribution in [0.3, 0.4) is 0 Å². The van der Waals surface area contributed by atoms with Crippen LogP contribution in [0.2, 0.25) is 0 Å². The van der Waals surface area contributed by atoms with Gasteiger partial charge in [-0.1, -0.05) is 48.5 Å². The van der Waals surface area contributed by atoms with Gasteiger partial charge in [-0.15, -0.1) is 0 Å². The van der Waals surface area contributed by atoms with E-state index in [0.29, 0.717) is 0 Å². The first-order valence-corrected chi connectivity index (χ1v) is 8.59. The van der Waals surface area contributed by atoms with Crippen LogP contribution >= 0.6 is 0 Å². The Morgan fingerprint density at radius 1 is 0.958 bits per heavy atom. The summed E-state index contributed by atoms with van der Waals surface area (Å²) in [5.74, 6) is 0. The molecule has 4 heteroatoms. The highest BCUT2D eigenvalue weighted by Crippen LogP contribution is 2.47. The molecule has 3 aliphatic rings. The number of anilines is 1. The minimum atomic E-state index is -0.996. The van der Waals surface area contributed by atoms with Gasteiger partial charge in [0, 0.05) is 11.0 Å². The van der Waals surface area contributed by atoms with Crippen LogP contribution in [0.25, 0.3) is 11.1 Å². The molecule has 0 aromatic heterocycles. The number of benzene rings is 2. The maximum absolute atomic E-state index is 11.5. The van der Waals surface area contributed by atoms with E-state index in [1.54, 1.807) is 0 Å². The van der Waals surface area contributed by atoms with Crippen molar-refractivity contribution in [3.05, 3.63) is 54.1 Å². The molecule has 2 N–H and O–H groups in total. The van der Waals surface area contributed by atoms with Crippen molar-refractivity contribution in [2.75, 3.05) is 25.0 Å². The topological polar surface area (TPSA) is 52.6 Å². The van der Waals surface area contributed by atoms with Crippen molar-refractivity contribution in [2.45, 2.75) is 24.7 Å². The van der Waals surface area contributed by atoms with Crippen molar-refractivity contribution in [1.82, 2.24) is 4.90 Å². The van der Waals surface area contributed by atoms with Gasteiger partial charge in [-0.2, -0.15) is 0 Å². The minimum absolute atomic E-state index is 0.108. The molecule has 0 aliphatic carbocycles. The molecule has 24 heavy (non-hydrogen) atoms. The summed E-state index contributed by atoms with van der Waals surface area (Å²) in [4.78, 5) is 14.0. The number of amides is 1. The highest BCUT2D eigenvalue weighted by Gasteiger charge is 2.42.